The number of benzene rings is 2. The highest BCUT2D eigenvalue weighted by molar-refractivity contribution is 9.10. The third kappa shape index (κ3) is 2.90. The predicted octanol–water partition coefficient (Wildman–Crippen LogP) is 6.76. The van der Waals surface area contributed by atoms with Crippen LogP contribution in [0.25, 0.3) is 10.2 Å². The Kier molecular flexibility index (Phi) is 4.11. The van der Waals surface area contributed by atoms with Crippen molar-refractivity contribution >= 4 is 83.1 Å². The monoisotopic (exact) mass is 406 g/mol. The number of hydrogen-bond acceptors (Lipinski definition) is 3. The van der Waals surface area contributed by atoms with E-state index in [-0.39, 0.29) is 0 Å². The van der Waals surface area contributed by atoms with Crippen molar-refractivity contribution in [2.45, 2.75) is 0 Å². The van der Waals surface area contributed by atoms with Crippen LogP contribution in [0, 0.1) is 0 Å². The topological polar surface area (TPSA) is 24.9 Å². The Labute approximate surface area is 142 Å². The molecule has 20 heavy (non-hydrogen) atoms. The van der Waals surface area contributed by atoms with Gasteiger partial charge in [-0.3, -0.25) is 0 Å². The van der Waals surface area contributed by atoms with Crippen molar-refractivity contribution in [3.05, 3.63) is 49.9 Å². The van der Waals surface area contributed by atoms with Crippen molar-refractivity contribution < 1.29 is 0 Å². The van der Waals surface area contributed by atoms with Crippen LogP contribution in [0.5, 0.6) is 0 Å². The van der Waals surface area contributed by atoms with Crippen molar-refractivity contribution in [2.24, 2.45) is 0 Å². The molecule has 0 fully saturated rings. The number of aromatic nitrogens is 1. The maximum atomic E-state index is 6.14. The second-order valence-electron chi connectivity index (χ2n) is 4.00. The second-order valence-corrected chi connectivity index (χ2v) is 7.17. The lowest BCUT2D eigenvalue weighted by Crippen LogP contribution is -1.90. The highest BCUT2D eigenvalue weighted by atomic mass is 79.9. The zero-order valence-corrected chi connectivity index (χ0v) is 14.4. The van der Waals surface area contributed by atoms with Gasteiger partial charge in [0.1, 0.15) is 0 Å². The minimum atomic E-state index is 0.426. The maximum absolute atomic E-state index is 6.14. The SMILES string of the molecule is Clc1cc(Cl)c(Nc2nc3cc(Br)ccc3s2)cc1Cl. The summed E-state index contributed by atoms with van der Waals surface area (Å²) in [5.41, 5.74) is 1.60. The summed E-state index contributed by atoms with van der Waals surface area (Å²) in [6.45, 7) is 0. The van der Waals surface area contributed by atoms with E-state index < -0.39 is 0 Å². The zero-order chi connectivity index (χ0) is 14.3. The number of halogens is 4. The molecule has 0 aliphatic heterocycles. The summed E-state index contributed by atoms with van der Waals surface area (Å²) in [5, 5.41) is 5.29. The Hall–Kier alpha value is -0.520. The van der Waals surface area contributed by atoms with Crippen LogP contribution in [0.4, 0.5) is 10.8 Å². The summed E-state index contributed by atoms with van der Waals surface area (Å²) in [6, 6.07) is 9.26. The normalized spacial score (nSPS) is 11.0. The van der Waals surface area contributed by atoms with Gasteiger partial charge in [-0.25, -0.2) is 4.98 Å². The van der Waals surface area contributed by atoms with Crippen LogP contribution >= 0.6 is 62.1 Å². The van der Waals surface area contributed by atoms with E-state index in [2.05, 4.69) is 26.2 Å². The lowest BCUT2D eigenvalue weighted by molar-refractivity contribution is 1.44. The van der Waals surface area contributed by atoms with Crippen LogP contribution in [-0.4, -0.2) is 4.98 Å². The molecule has 0 spiro atoms. The lowest BCUT2D eigenvalue weighted by Gasteiger charge is -2.06. The maximum Gasteiger partial charge on any atom is 0.188 e. The Morgan fingerprint density at radius 3 is 2.55 bits per heavy atom. The molecule has 2 aromatic carbocycles. The number of nitrogens with one attached hydrogen (secondary N) is 1. The van der Waals surface area contributed by atoms with E-state index in [0.717, 1.165) is 19.8 Å². The Morgan fingerprint density at radius 2 is 1.75 bits per heavy atom. The summed E-state index contributed by atoms with van der Waals surface area (Å²) in [7, 11) is 0. The first-order valence-corrected chi connectivity index (χ1v) is 8.25. The molecule has 1 N–H and O–H groups in total. The molecule has 0 atom stereocenters. The lowest BCUT2D eigenvalue weighted by atomic mass is 10.3. The van der Waals surface area contributed by atoms with Gasteiger partial charge in [-0.2, -0.15) is 0 Å². The van der Waals surface area contributed by atoms with Gasteiger partial charge in [0.05, 0.1) is 31.0 Å². The van der Waals surface area contributed by atoms with Crippen LogP contribution in [0.2, 0.25) is 15.1 Å². The quantitative estimate of drug-likeness (QED) is 0.474. The molecule has 0 saturated heterocycles. The number of fused-ring (bicyclic) bond motifs is 1. The Bertz CT molecular complexity index is 804. The summed E-state index contributed by atoms with van der Waals surface area (Å²) in [4.78, 5) is 4.50. The molecule has 0 aliphatic rings. The first kappa shape index (κ1) is 14.4. The molecule has 102 valence electrons. The van der Waals surface area contributed by atoms with Gasteiger partial charge in [-0.15, -0.1) is 0 Å². The van der Waals surface area contributed by atoms with Gasteiger partial charge in [0.25, 0.3) is 0 Å². The van der Waals surface area contributed by atoms with Crippen LogP contribution < -0.4 is 5.32 Å². The molecule has 0 saturated carbocycles. The van der Waals surface area contributed by atoms with Crippen molar-refractivity contribution in [1.82, 2.24) is 4.98 Å². The molecule has 0 bridgehead atoms. The number of nitrogens with zero attached hydrogens (tertiary/aromatic N) is 1. The Morgan fingerprint density at radius 1 is 1.00 bits per heavy atom. The number of thiazole rings is 1. The fraction of sp³-hybridized carbons (Fsp3) is 0. The molecule has 3 rings (SSSR count). The molecule has 0 radical (unpaired) electrons. The fourth-order valence-electron chi connectivity index (χ4n) is 1.69. The number of anilines is 2. The molecule has 2 nitrogen and oxygen atoms in total. The summed E-state index contributed by atoms with van der Waals surface area (Å²) in [5.74, 6) is 0. The first-order valence-electron chi connectivity index (χ1n) is 5.50. The van der Waals surface area contributed by atoms with Gasteiger partial charge < -0.3 is 5.32 Å². The van der Waals surface area contributed by atoms with Gasteiger partial charge >= 0.3 is 0 Å². The van der Waals surface area contributed by atoms with Crippen molar-refractivity contribution in [1.29, 1.82) is 0 Å². The van der Waals surface area contributed by atoms with Gasteiger partial charge in [0, 0.05) is 4.47 Å². The van der Waals surface area contributed by atoms with Crippen molar-refractivity contribution in [3.63, 3.8) is 0 Å². The first-order chi connectivity index (χ1) is 9.52. The molecule has 0 amide bonds. The molecule has 3 aromatic rings. The largest absolute Gasteiger partial charge is 0.330 e. The number of hydrogen-bond donors (Lipinski definition) is 1. The molecular formula is C13H6BrCl3N2S. The highest BCUT2D eigenvalue weighted by Crippen LogP contribution is 2.36. The smallest absolute Gasteiger partial charge is 0.188 e. The van der Waals surface area contributed by atoms with E-state index in [1.54, 1.807) is 23.5 Å². The molecule has 1 heterocycles. The third-order valence-electron chi connectivity index (χ3n) is 2.60. The van der Waals surface area contributed by atoms with E-state index in [1.165, 1.54) is 0 Å². The Balaban J connectivity index is 1.99. The predicted molar refractivity (Wildman–Crippen MR) is 92.1 cm³/mol. The van der Waals surface area contributed by atoms with Gasteiger partial charge in [-0.05, 0) is 30.3 Å². The van der Waals surface area contributed by atoms with E-state index >= 15 is 0 Å². The number of rotatable bonds is 2. The van der Waals surface area contributed by atoms with E-state index in [1.807, 2.05) is 18.2 Å². The second kappa shape index (κ2) is 5.70. The van der Waals surface area contributed by atoms with Crippen molar-refractivity contribution in [3.8, 4) is 0 Å². The van der Waals surface area contributed by atoms with Crippen LogP contribution in [0.15, 0.2) is 34.8 Å². The molecule has 1 aromatic heterocycles. The average Bonchev–Trinajstić information content (AvgIpc) is 2.77. The fourth-order valence-corrected chi connectivity index (χ4v) is 3.49. The minimum Gasteiger partial charge on any atom is -0.330 e. The summed E-state index contributed by atoms with van der Waals surface area (Å²) >= 11 is 23.0. The highest BCUT2D eigenvalue weighted by Gasteiger charge is 2.09. The van der Waals surface area contributed by atoms with E-state index in [9.17, 15) is 0 Å². The average molecular weight is 409 g/mol. The molecule has 0 aliphatic carbocycles. The molecular weight excluding hydrogens is 402 g/mol. The summed E-state index contributed by atoms with van der Waals surface area (Å²) in [6.07, 6.45) is 0. The zero-order valence-electron chi connectivity index (χ0n) is 9.75. The van der Waals surface area contributed by atoms with Gasteiger partial charge in [0.15, 0.2) is 5.13 Å². The molecule has 7 heteroatoms. The van der Waals surface area contributed by atoms with Crippen LogP contribution in [-0.2, 0) is 0 Å². The van der Waals surface area contributed by atoms with Crippen LogP contribution in [0.3, 0.4) is 0 Å². The van der Waals surface area contributed by atoms with Gasteiger partial charge in [0.2, 0.25) is 0 Å². The summed E-state index contributed by atoms with van der Waals surface area (Å²) < 4.78 is 2.08. The third-order valence-corrected chi connectivity index (χ3v) is 5.08. The van der Waals surface area contributed by atoms with Crippen molar-refractivity contribution in [2.75, 3.05) is 5.32 Å². The van der Waals surface area contributed by atoms with Gasteiger partial charge in [-0.1, -0.05) is 62.1 Å². The molecule has 0 unspecified atom stereocenters. The standard InChI is InChI=1S/C13H6BrCl3N2S/c14-6-1-2-12-11(3-6)19-13(20-12)18-10-5-8(16)7(15)4-9(10)17/h1-5H,(H,18,19). The van der Waals surface area contributed by atoms with E-state index in [0.29, 0.717) is 20.8 Å². The van der Waals surface area contributed by atoms with Crippen LogP contribution in [0.1, 0.15) is 0 Å². The van der Waals surface area contributed by atoms with E-state index in [4.69, 9.17) is 34.8 Å². The minimum absolute atomic E-state index is 0.426.